The number of aryl methyl sites for hydroxylation is 1. The molecule has 2 amide bonds. The van der Waals surface area contributed by atoms with Gasteiger partial charge in [-0.2, -0.15) is 0 Å². The summed E-state index contributed by atoms with van der Waals surface area (Å²) in [7, 11) is 1.74. The number of nitrogens with zero attached hydrogens (tertiary/aromatic N) is 1. The van der Waals surface area contributed by atoms with Crippen LogP contribution >= 0.6 is 11.3 Å². The highest BCUT2D eigenvalue weighted by atomic mass is 32.1. The second-order valence-electron chi connectivity index (χ2n) is 5.82. The van der Waals surface area contributed by atoms with E-state index in [4.69, 9.17) is 4.74 Å². The number of carbonyl (C=O) groups is 2. The van der Waals surface area contributed by atoms with Crippen molar-refractivity contribution in [2.45, 2.75) is 32.4 Å². The highest BCUT2D eigenvalue weighted by Gasteiger charge is 2.28. The maximum Gasteiger partial charge on any atom is 0.267 e. The molecule has 6 heteroatoms. The fourth-order valence-electron chi connectivity index (χ4n) is 2.65. The zero-order valence-corrected chi connectivity index (χ0v) is 14.6. The number of hydrogen-bond acceptors (Lipinski definition) is 4. The van der Waals surface area contributed by atoms with Gasteiger partial charge in [-0.05, 0) is 42.5 Å². The van der Waals surface area contributed by atoms with Crippen molar-refractivity contribution in [3.05, 3.63) is 46.2 Å². The van der Waals surface area contributed by atoms with Crippen LogP contribution in [0.25, 0.3) is 0 Å². The van der Waals surface area contributed by atoms with Crippen LogP contribution < -0.4 is 15.0 Å². The third kappa shape index (κ3) is 3.59. The lowest BCUT2D eigenvalue weighted by molar-refractivity contribution is -0.125. The van der Waals surface area contributed by atoms with Crippen LogP contribution in [0.5, 0.6) is 5.75 Å². The van der Waals surface area contributed by atoms with E-state index in [9.17, 15) is 9.59 Å². The van der Waals surface area contributed by atoms with Crippen LogP contribution in [-0.4, -0.2) is 25.0 Å². The van der Waals surface area contributed by atoms with Crippen LogP contribution in [0.3, 0.4) is 0 Å². The van der Waals surface area contributed by atoms with Crippen LogP contribution in [0, 0.1) is 0 Å². The van der Waals surface area contributed by atoms with Gasteiger partial charge in [0.05, 0.1) is 5.69 Å². The van der Waals surface area contributed by atoms with Crippen molar-refractivity contribution in [2.24, 2.45) is 0 Å². The summed E-state index contributed by atoms with van der Waals surface area (Å²) in [5.74, 6) is 0.646. The number of amides is 2. The van der Waals surface area contributed by atoms with Crippen molar-refractivity contribution in [3.63, 3.8) is 0 Å². The van der Waals surface area contributed by atoms with Crippen molar-refractivity contribution in [2.75, 3.05) is 11.9 Å². The van der Waals surface area contributed by atoms with Gasteiger partial charge in [-0.3, -0.25) is 9.59 Å². The zero-order valence-electron chi connectivity index (χ0n) is 13.7. The number of anilines is 1. The van der Waals surface area contributed by atoms with Crippen molar-refractivity contribution >= 4 is 28.8 Å². The Morgan fingerprint density at radius 3 is 2.96 bits per heavy atom. The van der Waals surface area contributed by atoms with Gasteiger partial charge >= 0.3 is 0 Å². The largest absolute Gasteiger partial charge is 0.479 e. The minimum Gasteiger partial charge on any atom is -0.479 e. The molecule has 1 N–H and O–H groups in total. The molecule has 1 unspecified atom stereocenters. The summed E-state index contributed by atoms with van der Waals surface area (Å²) >= 11 is 1.66. The molecule has 1 atom stereocenters. The summed E-state index contributed by atoms with van der Waals surface area (Å²) < 4.78 is 5.60. The van der Waals surface area contributed by atoms with Gasteiger partial charge in [0.1, 0.15) is 5.75 Å². The first-order valence-electron chi connectivity index (χ1n) is 7.91. The number of carbonyl (C=O) groups excluding carboxylic acids is 2. The second-order valence-corrected chi connectivity index (χ2v) is 6.85. The molecule has 1 aliphatic rings. The molecule has 126 valence electrons. The topological polar surface area (TPSA) is 58.6 Å². The number of fused-ring (bicyclic) bond motifs is 1. The third-order valence-electron chi connectivity index (χ3n) is 4.04. The molecular formula is C18H20N2O3S. The van der Waals surface area contributed by atoms with E-state index in [0.717, 1.165) is 17.7 Å². The molecule has 0 saturated carbocycles. The lowest BCUT2D eigenvalue weighted by Crippen LogP contribution is -2.42. The molecule has 5 nitrogen and oxygen atoms in total. The number of thiophene rings is 1. The summed E-state index contributed by atoms with van der Waals surface area (Å²) in [6.07, 6.45) is 0.770. The Bertz CT molecular complexity index is 743. The normalized spacial score (nSPS) is 16.5. The van der Waals surface area contributed by atoms with Crippen molar-refractivity contribution in [1.82, 2.24) is 5.32 Å². The smallest absolute Gasteiger partial charge is 0.267 e. The van der Waals surface area contributed by atoms with Crippen LogP contribution in [0.1, 0.15) is 23.8 Å². The molecule has 0 radical (unpaired) electrons. The molecule has 1 aromatic heterocycles. The standard InChI is InChI=1S/C18H20N2O3S/c1-12-18(22)20(2)15-10-13(5-7-16(15)23-12)11-19-17(21)8-6-14-4-3-9-24-14/h3-5,7,9-10,12H,6,8,11H2,1-2H3,(H,19,21). The number of hydrogen-bond donors (Lipinski definition) is 1. The fraction of sp³-hybridized carbons (Fsp3) is 0.333. The highest BCUT2D eigenvalue weighted by Crippen LogP contribution is 2.33. The molecule has 1 aromatic carbocycles. The molecule has 0 fully saturated rings. The molecule has 0 saturated heterocycles. The fourth-order valence-corrected chi connectivity index (χ4v) is 3.36. The van der Waals surface area contributed by atoms with E-state index in [0.29, 0.717) is 18.7 Å². The molecule has 0 bridgehead atoms. The van der Waals surface area contributed by atoms with Gasteiger partial charge in [0, 0.05) is 24.9 Å². The van der Waals surface area contributed by atoms with Gasteiger partial charge in [-0.25, -0.2) is 0 Å². The minimum absolute atomic E-state index is 0.0235. The zero-order chi connectivity index (χ0) is 17.1. The van der Waals surface area contributed by atoms with Crippen LogP contribution in [-0.2, 0) is 22.6 Å². The highest BCUT2D eigenvalue weighted by molar-refractivity contribution is 7.09. The number of likely N-dealkylation sites (N-methyl/N-ethyl adjacent to an activating group) is 1. The predicted molar refractivity (Wildman–Crippen MR) is 94.4 cm³/mol. The van der Waals surface area contributed by atoms with Gasteiger partial charge in [-0.15, -0.1) is 11.3 Å². The van der Waals surface area contributed by atoms with Gasteiger partial charge < -0.3 is 15.0 Å². The predicted octanol–water partition coefficient (Wildman–Crippen LogP) is 2.74. The summed E-state index contributed by atoms with van der Waals surface area (Å²) in [5.41, 5.74) is 1.68. The van der Waals surface area contributed by atoms with E-state index in [1.165, 1.54) is 4.88 Å². The van der Waals surface area contributed by atoms with E-state index < -0.39 is 6.10 Å². The Labute approximate surface area is 145 Å². The summed E-state index contributed by atoms with van der Waals surface area (Å²) in [6, 6.07) is 9.68. The third-order valence-corrected chi connectivity index (χ3v) is 4.97. The van der Waals surface area contributed by atoms with E-state index >= 15 is 0 Å². The first kappa shape index (κ1) is 16.5. The Balaban J connectivity index is 1.58. The number of ether oxygens (including phenoxy) is 1. The number of benzene rings is 1. The summed E-state index contributed by atoms with van der Waals surface area (Å²) in [6.45, 7) is 2.18. The SMILES string of the molecule is CC1Oc2ccc(CNC(=O)CCc3cccs3)cc2N(C)C1=O. The molecule has 1 aliphatic heterocycles. The Hall–Kier alpha value is -2.34. The Morgan fingerprint density at radius 1 is 1.38 bits per heavy atom. The summed E-state index contributed by atoms with van der Waals surface area (Å²) in [4.78, 5) is 26.8. The van der Waals surface area contributed by atoms with Crippen molar-refractivity contribution < 1.29 is 14.3 Å². The Morgan fingerprint density at radius 2 is 2.21 bits per heavy atom. The molecular weight excluding hydrogens is 324 g/mol. The number of nitrogens with one attached hydrogen (secondary N) is 1. The van der Waals surface area contributed by atoms with E-state index in [-0.39, 0.29) is 11.8 Å². The van der Waals surface area contributed by atoms with E-state index in [2.05, 4.69) is 5.32 Å². The molecule has 0 aliphatic carbocycles. The van der Waals surface area contributed by atoms with Gasteiger partial charge in [0.25, 0.3) is 5.91 Å². The molecule has 24 heavy (non-hydrogen) atoms. The maximum atomic E-state index is 12.0. The van der Waals surface area contributed by atoms with Crippen molar-refractivity contribution in [3.8, 4) is 5.75 Å². The van der Waals surface area contributed by atoms with Crippen LogP contribution in [0.15, 0.2) is 35.7 Å². The maximum absolute atomic E-state index is 12.0. The van der Waals surface area contributed by atoms with E-state index in [1.807, 2.05) is 35.7 Å². The molecule has 2 aromatic rings. The average Bonchev–Trinajstić information content (AvgIpc) is 3.10. The molecule has 2 heterocycles. The van der Waals surface area contributed by atoms with Crippen LogP contribution in [0.2, 0.25) is 0 Å². The Kier molecular flexibility index (Phi) is 4.85. The minimum atomic E-state index is -0.467. The van der Waals surface area contributed by atoms with Gasteiger partial charge in [0.2, 0.25) is 5.91 Å². The van der Waals surface area contributed by atoms with E-state index in [1.54, 1.807) is 30.2 Å². The van der Waals surface area contributed by atoms with Crippen LogP contribution in [0.4, 0.5) is 5.69 Å². The average molecular weight is 344 g/mol. The van der Waals surface area contributed by atoms with Gasteiger partial charge in [0.15, 0.2) is 6.10 Å². The lowest BCUT2D eigenvalue weighted by Gasteiger charge is -2.30. The number of rotatable bonds is 5. The van der Waals surface area contributed by atoms with Crippen molar-refractivity contribution in [1.29, 1.82) is 0 Å². The molecule has 3 rings (SSSR count). The first-order chi connectivity index (χ1) is 11.5. The first-order valence-corrected chi connectivity index (χ1v) is 8.79. The second kappa shape index (κ2) is 7.05. The quantitative estimate of drug-likeness (QED) is 0.907. The lowest BCUT2D eigenvalue weighted by atomic mass is 10.1. The monoisotopic (exact) mass is 344 g/mol. The van der Waals surface area contributed by atoms with Gasteiger partial charge in [-0.1, -0.05) is 12.1 Å². The molecule has 0 spiro atoms. The summed E-state index contributed by atoms with van der Waals surface area (Å²) in [5, 5.41) is 4.94.